The molecule has 0 saturated heterocycles. The van der Waals surface area contributed by atoms with Crippen LogP contribution in [0.4, 0.5) is 5.69 Å². The number of aromatic carboxylic acids is 1. The molecule has 0 saturated carbocycles. The van der Waals surface area contributed by atoms with Crippen LogP contribution in [0.15, 0.2) is 52.0 Å². The number of para-hydroxylation sites is 1. The van der Waals surface area contributed by atoms with Gasteiger partial charge in [-0.2, -0.15) is 0 Å². The molecule has 0 atom stereocenters. The lowest BCUT2D eigenvalue weighted by Gasteiger charge is -2.04. The van der Waals surface area contributed by atoms with Crippen LogP contribution in [-0.2, 0) is 5.75 Å². The highest BCUT2D eigenvalue weighted by molar-refractivity contribution is 7.98. The van der Waals surface area contributed by atoms with Gasteiger partial charge >= 0.3 is 5.97 Å². The number of hydrogen-bond acceptors (Lipinski definition) is 5. The zero-order valence-corrected chi connectivity index (χ0v) is 11.8. The zero-order chi connectivity index (χ0) is 14.8. The summed E-state index contributed by atoms with van der Waals surface area (Å²) in [6, 6.07) is 9.10. The minimum Gasteiger partial charge on any atom is -0.475 e. The van der Waals surface area contributed by atoms with E-state index < -0.39 is 5.97 Å². The molecule has 0 aliphatic rings. The second-order valence-electron chi connectivity index (χ2n) is 4.41. The van der Waals surface area contributed by atoms with Crippen molar-refractivity contribution in [1.29, 1.82) is 0 Å². The lowest BCUT2D eigenvalue weighted by molar-refractivity contribution is 0.0664. The Morgan fingerprint density at radius 2 is 2.14 bits per heavy atom. The topological polar surface area (TPSA) is 89.3 Å². The van der Waals surface area contributed by atoms with Crippen LogP contribution in [0.1, 0.15) is 16.1 Å². The molecule has 3 N–H and O–H groups in total. The molecule has 0 spiro atoms. The van der Waals surface area contributed by atoms with Gasteiger partial charge in [-0.3, -0.25) is 4.98 Å². The van der Waals surface area contributed by atoms with Gasteiger partial charge in [0.15, 0.2) is 0 Å². The van der Waals surface area contributed by atoms with E-state index in [1.165, 1.54) is 11.8 Å². The van der Waals surface area contributed by atoms with Crippen molar-refractivity contribution in [2.24, 2.45) is 0 Å². The molecule has 0 fully saturated rings. The van der Waals surface area contributed by atoms with Gasteiger partial charge in [-0.25, -0.2) is 4.79 Å². The number of carboxylic acids is 1. The maximum absolute atomic E-state index is 11.3. The fourth-order valence-electron chi connectivity index (χ4n) is 2.09. The van der Waals surface area contributed by atoms with Crippen molar-refractivity contribution >= 4 is 34.4 Å². The second-order valence-corrected chi connectivity index (χ2v) is 5.43. The Kier molecular flexibility index (Phi) is 3.53. The first kappa shape index (κ1) is 13.5. The number of carbonyl (C=O) groups is 1. The fraction of sp³-hybridized carbons (Fsp3) is 0.0667. The SMILES string of the molecule is Nc1cnccc1SCc1c(C(=O)O)oc2ccccc12. The Morgan fingerprint density at radius 3 is 2.90 bits per heavy atom. The Bertz CT molecular complexity index is 814. The molecule has 0 amide bonds. The summed E-state index contributed by atoms with van der Waals surface area (Å²) in [5, 5.41) is 10.1. The van der Waals surface area contributed by atoms with E-state index in [1.807, 2.05) is 24.3 Å². The Morgan fingerprint density at radius 1 is 1.33 bits per heavy atom. The van der Waals surface area contributed by atoms with Gasteiger partial charge in [0.1, 0.15) is 5.58 Å². The van der Waals surface area contributed by atoms with E-state index in [0.29, 0.717) is 22.6 Å². The largest absolute Gasteiger partial charge is 0.475 e. The number of furan rings is 1. The molecule has 106 valence electrons. The molecule has 6 heteroatoms. The number of fused-ring (bicyclic) bond motifs is 1. The summed E-state index contributed by atoms with van der Waals surface area (Å²) >= 11 is 1.46. The third-order valence-electron chi connectivity index (χ3n) is 3.07. The van der Waals surface area contributed by atoms with Gasteiger partial charge in [0.05, 0.1) is 11.9 Å². The number of carboxylic acid groups (broad SMARTS) is 1. The number of aromatic nitrogens is 1. The van der Waals surface area contributed by atoms with Gasteiger partial charge in [-0.05, 0) is 12.1 Å². The molecule has 2 heterocycles. The molecule has 5 nitrogen and oxygen atoms in total. The number of benzene rings is 1. The van der Waals surface area contributed by atoms with Gasteiger partial charge in [-0.1, -0.05) is 18.2 Å². The van der Waals surface area contributed by atoms with E-state index in [1.54, 1.807) is 18.5 Å². The molecule has 0 aliphatic heterocycles. The van der Waals surface area contributed by atoms with Gasteiger partial charge in [0.25, 0.3) is 0 Å². The lowest BCUT2D eigenvalue weighted by atomic mass is 10.1. The van der Waals surface area contributed by atoms with Gasteiger partial charge in [-0.15, -0.1) is 11.8 Å². The molecule has 0 aliphatic carbocycles. The molecular formula is C15H12N2O3S. The molecule has 0 bridgehead atoms. The third kappa shape index (κ3) is 2.57. The van der Waals surface area contributed by atoms with Crippen molar-refractivity contribution < 1.29 is 14.3 Å². The van der Waals surface area contributed by atoms with Crippen LogP contribution < -0.4 is 5.73 Å². The average Bonchev–Trinajstić information content (AvgIpc) is 2.85. The van der Waals surface area contributed by atoms with Gasteiger partial charge in [0.2, 0.25) is 5.76 Å². The molecule has 21 heavy (non-hydrogen) atoms. The van der Waals surface area contributed by atoms with Crippen LogP contribution >= 0.6 is 11.8 Å². The number of nitrogen functional groups attached to an aromatic ring is 1. The molecular weight excluding hydrogens is 288 g/mol. The summed E-state index contributed by atoms with van der Waals surface area (Å²) in [4.78, 5) is 16.1. The summed E-state index contributed by atoms with van der Waals surface area (Å²) in [5.74, 6) is -0.617. The van der Waals surface area contributed by atoms with Crippen molar-refractivity contribution in [2.45, 2.75) is 10.6 Å². The lowest BCUT2D eigenvalue weighted by Crippen LogP contribution is -1.98. The molecule has 3 rings (SSSR count). The van der Waals surface area contributed by atoms with Crippen molar-refractivity contribution in [3.8, 4) is 0 Å². The van der Waals surface area contributed by atoms with Crippen LogP contribution in [0.5, 0.6) is 0 Å². The van der Waals surface area contributed by atoms with E-state index in [0.717, 1.165) is 10.3 Å². The summed E-state index contributed by atoms with van der Waals surface area (Å²) in [5.41, 5.74) is 7.67. The standard InChI is InChI=1S/C15H12N2O3S/c16-11-7-17-6-5-13(11)21-8-10-9-3-1-2-4-12(9)20-14(10)15(18)19/h1-7H,8,16H2,(H,18,19). The summed E-state index contributed by atoms with van der Waals surface area (Å²) < 4.78 is 5.42. The smallest absolute Gasteiger partial charge is 0.372 e. The highest BCUT2D eigenvalue weighted by Gasteiger charge is 2.19. The molecule has 0 unspecified atom stereocenters. The van der Waals surface area contributed by atoms with Crippen LogP contribution in [0.25, 0.3) is 11.0 Å². The maximum atomic E-state index is 11.3. The van der Waals surface area contributed by atoms with Crippen LogP contribution in [-0.4, -0.2) is 16.1 Å². The normalized spacial score (nSPS) is 10.9. The average molecular weight is 300 g/mol. The number of rotatable bonds is 4. The van der Waals surface area contributed by atoms with Gasteiger partial charge in [0, 0.05) is 27.8 Å². The zero-order valence-electron chi connectivity index (χ0n) is 10.9. The predicted molar refractivity (Wildman–Crippen MR) is 81.4 cm³/mol. The third-order valence-corrected chi connectivity index (χ3v) is 4.19. The monoisotopic (exact) mass is 300 g/mol. The first-order valence-electron chi connectivity index (χ1n) is 6.23. The van der Waals surface area contributed by atoms with E-state index >= 15 is 0 Å². The first-order valence-corrected chi connectivity index (χ1v) is 7.21. The van der Waals surface area contributed by atoms with Crippen molar-refractivity contribution in [3.63, 3.8) is 0 Å². The van der Waals surface area contributed by atoms with Gasteiger partial charge < -0.3 is 15.3 Å². The number of pyridine rings is 1. The van der Waals surface area contributed by atoms with E-state index in [9.17, 15) is 9.90 Å². The summed E-state index contributed by atoms with van der Waals surface area (Å²) in [6.45, 7) is 0. The first-order chi connectivity index (χ1) is 10.2. The highest BCUT2D eigenvalue weighted by Crippen LogP contribution is 2.33. The number of hydrogen-bond donors (Lipinski definition) is 2. The molecule has 1 aromatic carbocycles. The van der Waals surface area contributed by atoms with Crippen molar-refractivity contribution in [3.05, 3.63) is 54.0 Å². The number of anilines is 1. The quantitative estimate of drug-likeness (QED) is 0.718. The van der Waals surface area contributed by atoms with Crippen LogP contribution in [0, 0.1) is 0 Å². The summed E-state index contributed by atoms with van der Waals surface area (Å²) in [7, 11) is 0. The van der Waals surface area contributed by atoms with Crippen LogP contribution in [0.3, 0.4) is 0 Å². The van der Waals surface area contributed by atoms with Crippen molar-refractivity contribution in [1.82, 2.24) is 4.98 Å². The number of nitrogens with two attached hydrogens (primary N) is 1. The van der Waals surface area contributed by atoms with Crippen LogP contribution in [0.2, 0.25) is 0 Å². The minimum atomic E-state index is -1.07. The minimum absolute atomic E-state index is 0.0173. The molecule has 3 aromatic rings. The van der Waals surface area contributed by atoms with E-state index in [-0.39, 0.29) is 5.76 Å². The van der Waals surface area contributed by atoms with Crippen molar-refractivity contribution in [2.75, 3.05) is 5.73 Å². The second kappa shape index (κ2) is 5.49. The fourth-order valence-corrected chi connectivity index (χ4v) is 3.05. The maximum Gasteiger partial charge on any atom is 0.372 e. The predicted octanol–water partition coefficient (Wildman–Crippen LogP) is 3.40. The number of nitrogens with zero attached hydrogens (tertiary/aromatic N) is 1. The number of thioether (sulfide) groups is 1. The Hall–Kier alpha value is -2.47. The highest BCUT2D eigenvalue weighted by atomic mass is 32.2. The molecule has 2 aromatic heterocycles. The molecule has 0 radical (unpaired) electrons. The Balaban J connectivity index is 1.98. The summed E-state index contributed by atoms with van der Waals surface area (Å²) in [6.07, 6.45) is 3.23. The van der Waals surface area contributed by atoms with E-state index in [2.05, 4.69) is 4.98 Å². The Labute approximate surface area is 124 Å². The van der Waals surface area contributed by atoms with E-state index in [4.69, 9.17) is 10.2 Å².